The topological polar surface area (TPSA) is 102 Å². The minimum Gasteiger partial charge on any atom is -0.495 e. The third kappa shape index (κ3) is 6.38. The van der Waals surface area contributed by atoms with Crippen molar-refractivity contribution < 1.29 is 27.8 Å². The molecule has 2 heterocycles. The van der Waals surface area contributed by atoms with Crippen molar-refractivity contribution in [3.8, 4) is 11.7 Å². The van der Waals surface area contributed by atoms with Gasteiger partial charge in [0, 0.05) is 12.7 Å². The van der Waals surface area contributed by atoms with Gasteiger partial charge in [0.2, 0.25) is 5.95 Å². The van der Waals surface area contributed by atoms with E-state index in [1.54, 1.807) is 19.6 Å². The number of hydrogen-bond acceptors (Lipinski definition) is 6. The van der Waals surface area contributed by atoms with Crippen LogP contribution in [0.25, 0.3) is 17.0 Å². The molecular formula is C23H21ClF3N5O3. The minimum atomic E-state index is -5.08. The van der Waals surface area contributed by atoms with Crippen LogP contribution in [0.2, 0.25) is 5.02 Å². The van der Waals surface area contributed by atoms with Gasteiger partial charge in [0.1, 0.15) is 17.9 Å². The van der Waals surface area contributed by atoms with Crippen molar-refractivity contribution in [1.82, 2.24) is 19.5 Å². The van der Waals surface area contributed by atoms with Crippen LogP contribution >= 0.6 is 11.6 Å². The molecule has 0 unspecified atom stereocenters. The smallest absolute Gasteiger partial charge is 0.490 e. The minimum absolute atomic E-state index is 0.573. The summed E-state index contributed by atoms with van der Waals surface area (Å²) in [5, 5.41) is 11.0. The zero-order chi connectivity index (χ0) is 25.8. The van der Waals surface area contributed by atoms with Gasteiger partial charge in [-0.25, -0.2) is 14.8 Å². The number of hydrogen-bond donors (Lipinski definition) is 2. The first-order chi connectivity index (χ1) is 16.5. The van der Waals surface area contributed by atoms with E-state index in [1.807, 2.05) is 28.8 Å². The van der Waals surface area contributed by atoms with Gasteiger partial charge in [-0.1, -0.05) is 17.7 Å². The molecule has 0 amide bonds. The molecule has 184 valence electrons. The van der Waals surface area contributed by atoms with E-state index >= 15 is 0 Å². The van der Waals surface area contributed by atoms with E-state index in [9.17, 15) is 13.2 Å². The van der Waals surface area contributed by atoms with Gasteiger partial charge in [-0.05, 0) is 60.9 Å². The number of carboxylic acid groups (broad SMARTS) is 1. The molecule has 0 spiro atoms. The van der Waals surface area contributed by atoms with E-state index in [0.29, 0.717) is 23.3 Å². The maximum atomic E-state index is 10.6. The number of fused-ring (bicyclic) bond motifs is 1. The van der Waals surface area contributed by atoms with Crippen molar-refractivity contribution in [2.24, 2.45) is 0 Å². The van der Waals surface area contributed by atoms with Gasteiger partial charge in [0.05, 0.1) is 23.2 Å². The maximum absolute atomic E-state index is 10.6. The molecular weight excluding hydrogens is 487 g/mol. The summed E-state index contributed by atoms with van der Waals surface area (Å²) in [7, 11) is 1.60. The molecule has 4 aromatic rings. The fourth-order valence-corrected chi connectivity index (χ4v) is 3.28. The Balaban J connectivity index is 0.000000429. The second kappa shape index (κ2) is 10.6. The molecule has 2 aromatic carbocycles. The van der Waals surface area contributed by atoms with Crippen molar-refractivity contribution in [1.29, 1.82) is 0 Å². The highest BCUT2D eigenvalue weighted by atomic mass is 35.5. The molecule has 0 aliphatic rings. The van der Waals surface area contributed by atoms with Crippen LogP contribution in [0, 0.1) is 13.8 Å². The number of rotatable bonds is 5. The average Bonchev–Trinajstić information content (AvgIpc) is 3.20. The molecule has 0 aliphatic heterocycles. The lowest BCUT2D eigenvalue weighted by Gasteiger charge is -2.10. The van der Waals surface area contributed by atoms with Gasteiger partial charge in [-0.2, -0.15) is 18.2 Å². The van der Waals surface area contributed by atoms with Crippen LogP contribution in [0.4, 0.5) is 19.0 Å². The molecule has 0 aliphatic carbocycles. The molecule has 0 saturated heterocycles. The number of benzene rings is 2. The van der Waals surface area contributed by atoms with Crippen molar-refractivity contribution in [2.45, 2.75) is 26.6 Å². The highest BCUT2D eigenvalue weighted by Gasteiger charge is 2.38. The summed E-state index contributed by atoms with van der Waals surface area (Å²) >= 11 is 6.19. The fourth-order valence-electron chi connectivity index (χ4n) is 3.00. The first-order valence-corrected chi connectivity index (χ1v) is 10.5. The number of methoxy groups -OCH3 is 1. The molecule has 0 bridgehead atoms. The number of aliphatic carboxylic acids is 1. The van der Waals surface area contributed by atoms with Gasteiger partial charge in [0.25, 0.3) is 0 Å². The number of aromatic nitrogens is 4. The van der Waals surface area contributed by atoms with Crippen molar-refractivity contribution in [3.63, 3.8) is 0 Å². The van der Waals surface area contributed by atoms with E-state index in [1.165, 1.54) is 11.1 Å². The molecule has 0 radical (unpaired) electrons. The lowest BCUT2D eigenvalue weighted by molar-refractivity contribution is -0.192. The molecule has 0 saturated carbocycles. The van der Waals surface area contributed by atoms with Gasteiger partial charge in [-0.15, -0.1) is 0 Å². The van der Waals surface area contributed by atoms with Crippen LogP contribution in [0.3, 0.4) is 0 Å². The Morgan fingerprint density at radius 1 is 1.14 bits per heavy atom. The largest absolute Gasteiger partial charge is 0.495 e. The standard InChI is InChI=1S/C21H20ClN5O.C2HF3O2/c1-13-8-17-18(9-14(13)2)27(12-25-17)21-23-7-6-20(26-21)24-11-15-4-5-19(28-3)16(22)10-15;3-2(4,5)1(6)7/h4-10,12H,11H2,1-3H3,(H,23,24,26);(H,6,7). The summed E-state index contributed by atoms with van der Waals surface area (Å²) in [4.78, 5) is 22.4. The number of ether oxygens (including phenoxy) is 1. The average molecular weight is 508 g/mol. The lowest BCUT2D eigenvalue weighted by atomic mass is 10.1. The second-order valence-corrected chi connectivity index (χ2v) is 7.81. The number of carbonyl (C=O) groups is 1. The maximum Gasteiger partial charge on any atom is 0.490 e. The number of halogens is 4. The van der Waals surface area contributed by atoms with Gasteiger partial charge >= 0.3 is 12.1 Å². The Bertz CT molecular complexity index is 1360. The number of aryl methyl sites for hydroxylation is 2. The number of nitrogens with zero attached hydrogens (tertiary/aromatic N) is 4. The zero-order valence-corrected chi connectivity index (χ0v) is 19.6. The lowest BCUT2D eigenvalue weighted by Crippen LogP contribution is -2.21. The Labute approximate surface area is 203 Å². The third-order valence-corrected chi connectivity index (χ3v) is 5.25. The van der Waals surface area contributed by atoms with E-state index in [4.69, 9.17) is 26.2 Å². The van der Waals surface area contributed by atoms with Crippen LogP contribution in [0.5, 0.6) is 5.75 Å². The van der Waals surface area contributed by atoms with Crippen LogP contribution in [-0.2, 0) is 11.3 Å². The van der Waals surface area contributed by atoms with Gasteiger partial charge in [-0.3, -0.25) is 4.57 Å². The molecule has 2 aromatic heterocycles. The van der Waals surface area contributed by atoms with Crippen LogP contribution in [-0.4, -0.2) is 43.9 Å². The van der Waals surface area contributed by atoms with Crippen molar-refractivity contribution >= 4 is 34.4 Å². The summed E-state index contributed by atoms with van der Waals surface area (Å²) in [6, 6.07) is 11.7. The number of alkyl halides is 3. The highest BCUT2D eigenvalue weighted by molar-refractivity contribution is 6.32. The predicted molar refractivity (Wildman–Crippen MR) is 125 cm³/mol. The van der Waals surface area contributed by atoms with E-state index < -0.39 is 12.1 Å². The Morgan fingerprint density at radius 3 is 2.46 bits per heavy atom. The number of nitrogens with one attached hydrogen (secondary N) is 1. The third-order valence-electron chi connectivity index (χ3n) is 4.95. The number of anilines is 1. The first-order valence-electron chi connectivity index (χ1n) is 10.1. The van der Waals surface area contributed by atoms with Crippen LogP contribution in [0.15, 0.2) is 48.9 Å². The first kappa shape index (κ1) is 25.8. The summed E-state index contributed by atoms with van der Waals surface area (Å²) in [6.07, 6.45) is -1.59. The van der Waals surface area contributed by atoms with E-state index in [2.05, 4.69) is 46.2 Å². The predicted octanol–water partition coefficient (Wildman–Crippen LogP) is 5.34. The highest BCUT2D eigenvalue weighted by Crippen LogP contribution is 2.25. The molecule has 8 nitrogen and oxygen atoms in total. The summed E-state index contributed by atoms with van der Waals surface area (Å²) in [5.41, 5.74) is 5.37. The summed E-state index contributed by atoms with van der Waals surface area (Å²) < 4.78 is 38.8. The second-order valence-electron chi connectivity index (χ2n) is 7.41. The summed E-state index contributed by atoms with van der Waals surface area (Å²) in [6.45, 7) is 4.76. The Hall–Kier alpha value is -3.86. The van der Waals surface area contributed by atoms with Crippen molar-refractivity contribution in [2.75, 3.05) is 12.4 Å². The SMILES string of the molecule is COc1ccc(CNc2ccnc(-n3cnc4cc(C)c(C)cc43)n2)cc1Cl.O=C(O)C(F)(F)F. The summed E-state index contributed by atoms with van der Waals surface area (Å²) in [5.74, 6) is -0.800. The normalized spacial score (nSPS) is 11.1. The molecule has 4 rings (SSSR count). The van der Waals surface area contributed by atoms with Gasteiger partial charge < -0.3 is 15.2 Å². The van der Waals surface area contributed by atoms with E-state index in [-0.39, 0.29) is 0 Å². The molecule has 12 heteroatoms. The van der Waals surface area contributed by atoms with Crippen LogP contribution in [0.1, 0.15) is 16.7 Å². The molecule has 35 heavy (non-hydrogen) atoms. The molecule has 0 fully saturated rings. The molecule has 0 atom stereocenters. The fraction of sp³-hybridized carbons (Fsp3) is 0.217. The monoisotopic (exact) mass is 507 g/mol. The molecule has 2 N–H and O–H groups in total. The van der Waals surface area contributed by atoms with Gasteiger partial charge in [0.15, 0.2) is 0 Å². The number of imidazole rings is 1. The Kier molecular flexibility index (Phi) is 7.80. The Morgan fingerprint density at radius 2 is 1.83 bits per heavy atom. The number of carboxylic acids is 1. The van der Waals surface area contributed by atoms with E-state index in [0.717, 1.165) is 22.4 Å². The van der Waals surface area contributed by atoms with Crippen LogP contribution < -0.4 is 10.1 Å². The van der Waals surface area contributed by atoms with Crippen molar-refractivity contribution in [3.05, 3.63) is 70.6 Å². The quantitative estimate of drug-likeness (QED) is 0.376. The zero-order valence-electron chi connectivity index (χ0n) is 18.9.